The molecule has 116 valence electrons. The van der Waals surface area contributed by atoms with Gasteiger partial charge in [-0.2, -0.15) is 5.26 Å². The van der Waals surface area contributed by atoms with Crippen molar-refractivity contribution in [3.8, 4) is 34.4 Å². The fourth-order valence-corrected chi connectivity index (χ4v) is 2.21. The fraction of sp³-hybridized carbons (Fsp3) is 0.0667. The maximum absolute atomic E-state index is 13.3. The summed E-state index contributed by atoms with van der Waals surface area (Å²) >= 11 is 0. The maximum Gasteiger partial charge on any atom is 0.586 e. The molecule has 0 atom stereocenters. The van der Waals surface area contributed by atoms with Gasteiger partial charge in [0.2, 0.25) is 0 Å². The number of carboxylic acids is 1. The third kappa shape index (κ3) is 2.48. The number of carboxylic acid groups (broad SMARTS) is 1. The number of hydrogen-bond donors (Lipinski definition) is 2. The average molecular weight is 319 g/mol. The Hall–Kier alpha value is -3.34. The summed E-state index contributed by atoms with van der Waals surface area (Å²) in [6.07, 6.45) is -3.87. The van der Waals surface area contributed by atoms with Crippen molar-refractivity contribution in [2.24, 2.45) is 0 Å². The lowest BCUT2D eigenvalue weighted by Gasteiger charge is -2.09. The lowest BCUT2D eigenvalue weighted by Crippen LogP contribution is -2.26. The van der Waals surface area contributed by atoms with Crippen LogP contribution < -0.4 is 9.47 Å². The van der Waals surface area contributed by atoms with E-state index in [1.165, 1.54) is 12.1 Å². The van der Waals surface area contributed by atoms with Gasteiger partial charge in [-0.25, -0.2) is 4.79 Å². The molecule has 0 unspecified atom stereocenters. The van der Waals surface area contributed by atoms with E-state index in [1.807, 2.05) is 0 Å². The number of nitrogens with zero attached hydrogens (tertiary/aromatic N) is 1. The first kappa shape index (κ1) is 14.6. The van der Waals surface area contributed by atoms with Gasteiger partial charge >= 0.3 is 12.3 Å². The van der Waals surface area contributed by atoms with Crippen LogP contribution in [-0.2, 0) is 0 Å². The average Bonchev–Trinajstić information content (AvgIpc) is 2.79. The number of aromatic hydroxyl groups is 1. The maximum atomic E-state index is 13.3. The smallest absolute Gasteiger partial charge is 0.507 e. The number of aromatic carboxylic acids is 1. The molecule has 1 aliphatic rings. The normalized spacial score (nSPS) is 14.3. The Kier molecular flexibility index (Phi) is 3.07. The Balaban J connectivity index is 2.18. The van der Waals surface area contributed by atoms with Gasteiger partial charge in [0, 0.05) is 11.6 Å². The van der Waals surface area contributed by atoms with E-state index in [1.54, 1.807) is 6.07 Å². The number of rotatable bonds is 2. The van der Waals surface area contributed by atoms with Crippen molar-refractivity contribution < 1.29 is 33.3 Å². The van der Waals surface area contributed by atoms with Crippen molar-refractivity contribution in [3.05, 3.63) is 41.5 Å². The van der Waals surface area contributed by atoms with Gasteiger partial charge in [0.15, 0.2) is 11.5 Å². The number of carbonyl (C=O) groups is 1. The van der Waals surface area contributed by atoms with E-state index >= 15 is 0 Å². The molecular weight excluding hydrogens is 312 g/mol. The number of hydrogen-bond acceptors (Lipinski definition) is 5. The molecule has 2 N–H and O–H groups in total. The zero-order chi connectivity index (χ0) is 16.8. The second-order valence-electron chi connectivity index (χ2n) is 4.67. The van der Waals surface area contributed by atoms with Crippen LogP contribution >= 0.6 is 0 Å². The van der Waals surface area contributed by atoms with Crippen LogP contribution in [-0.4, -0.2) is 22.5 Å². The van der Waals surface area contributed by atoms with Gasteiger partial charge in [-0.05, 0) is 23.8 Å². The molecule has 0 aromatic heterocycles. The van der Waals surface area contributed by atoms with Gasteiger partial charge in [0.25, 0.3) is 0 Å². The van der Waals surface area contributed by atoms with Crippen LogP contribution in [0.3, 0.4) is 0 Å². The second-order valence-corrected chi connectivity index (χ2v) is 4.67. The minimum absolute atomic E-state index is 0.0434. The first-order valence-corrected chi connectivity index (χ1v) is 6.21. The van der Waals surface area contributed by atoms with E-state index in [0.29, 0.717) is 0 Å². The van der Waals surface area contributed by atoms with Crippen molar-refractivity contribution in [2.45, 2.75) is 6.29 Å². The molecule has 0 amide bonds. The zero-order valence-corrected chi connectivity index (χ0v) is 11.2. The number of alkyl halides is 2. The third-order valence-corrected chi connectivity index (χ3v) is 3.17. The molecular formula is C15H7F2NO5. The van der Waals surface area contributed by atoms with Crippen LogP contribution in [0.15, 0.2) is 30.3 Å². The van der Waals surface area contributed by atoms with Crippen LogP contribution in [0, 0.1) is 11.3 Å². The standard InChI is InChI=1S/C15H7F2NO5/c16-15(17)22-12-4-7(6-18)3-10(13(12)23-15)8-1-2-9(14(20)21)11(19)5-8/h1-5,19H,(H,20,21). The summed E-state index contributed by atoms with van der Waals surface area (Å²) in [7, 11) is 0. The number of fused-ring (bicyclic) bond motifs is 1. The number of halogens is 2. The van der Waals surface area contributed by atoms with E-state index < -0.39 is 18.0 Å². The van der Waals surface area contributed by atoms with Crippen LogP contribution in [0.5, 0.6) is 17.2 Å². The predicted octanol–water partition coefficient (Wildman–Crippen LogP) is 2.95. The highest BCUT2D eigenvalue weighted by atomic mass is 19.3. The van der Waals surface area contributed by atoms with Crippen LogP contribution in [0.2, 0.25) is 0 Å². The molecule has 3 rings (SSSR count). The molecule has 0 radical (unpaired) electrons. The molecule has 1 aliphatic heterocycles. The minimum atomic E-state index is -3.87. The summed E-state index contributed by atoms with van der Waals surface area (Å²) in [6, 6.07) is 7.69. The topological polar surface area (TPSA) is 99.8 Å². The molecule has 0 spiro atoms. The summed E-state index contributed by atoms with van der Waals surface area (Å²) in [5.41, 5.74) is -0.0307. The van der Waals surface area contributed by atoms with E-state index in [2.05, 4.69) is 9.47 Å². The van der Waals surface area contributed by atoms with Gasteiger partial charge in [-0.1, -0.05) is 6.07 Å². The largest absolute Gasteiger partial charge is 0.586 e. The van der Waals surface area contributed by atoms with E-state index in [9.17, 15) is 18.7 Å². The van der Waals surface area contributed by atoms with Crippen molar-refractivity contribution >= 4 is 5.97 Å². The molecule has 2 aromatic rings. The zero-order valence-electron chi connectivity index (χ0n) is 11.2. The highest BCUT2D eigenvalue weighted by Gasteiger charge is 2.45. The Morgan fingerprint density at radius 1 is 1.22 bits per heavy atom. The molecule has 0 fully saturated rings. The quantitative estimate of drug-likeness (QED) is 0.883. The first-order valence-electron chi connectivity index (χ1n) is 6.21. The van der Waals surface area contributed by atoms with Gasteiger partial charge in [0.1, 0.15) is 11.3 Å². The number of benzene rings is 2. The Bertz CT molecular complexity index is 873. The van der Waals surface area contributed by atoms with E-state index in [0.717, 1.165) is 18.2 Å². The highest BCUT2D eigenvalue weighted by molar-refractivity contribution is 5.92. The molecule has 0 saturated heterocycles. The van der Waals surface area contributed by atoms with Crippen LogP contribution in [0.1, 0.15) is 15.9 Å². The molecule has 0 aliphatic carbocycles. The number of nitriles is 1. The number of ether oxygens (including phenoxy) is 2. The molecule has 23 heavy (non-hydrogen) atoms. The minimum Gasteiger partial charge on any atom is -0.507 e. The predicted molar refractivity (Wildman–Crippen MR) is 71.4 cm³/mol. The molecule has 1 heterocycles. The summed E-state index contributed by atoms with van der Waals surface area (Å²) in [4.78, 5) is 10.9. The van der Waals surface area contributed by atoms with Crippen LogP contribution in [0.25, 0.3) is 11.1 Å². The van der Waals surface area contributed by atoms with E-state index in [4.69, 9.17) is 10.4 Å². The van der Waals surface area contributed by atoms with Crippen molar-refractivity contribution in [1.82, 2.24) is 0 Å². The van der Waals surface area contributed by atoms with Gasteiger partial charge < -0.3 is 19.7 Å². The highest BCUT2D eigenvalue weighted by Crippen LogP contribution is 2.48. The fourth-order valence-electron chi connectivity index (χ4n) is 2.21. The Morgan fingerprint density at radius 3 is 2.57 bits per heavy atom. The summed E-state index contributed by atoms with van der Waals surface area (Å²) in [5.74, 6) is -2.49. The van der Waals surface area contributed by atoms with Crippen molar-refractivity contribution in [3.63, 3.8) is 0 Å². The van der Waals surface area contributed by atoms with Crippen LogP contribution in [0.4, 0.5) is 8.78 Å². The first-order chi connectivity index (χ1) is 10.8. The Labute approximate surface area is 127 Å². The molecule has 6 nitrogen and oxygen atoms in total. The van der Waals surface area contributed by atoms with Gasteiger partial charge in [-0.3, -0.25) is 0 Å². The summed E-state index contributed by atoms with van der Waals surface area (Å²) < 4.78 is 35.3. The molecule has 8 heteroatoms. The summed E-state index contributed by atoms with van der Waals surface area (Å²) in [5, 5.41) is 27.6. The lowest BCUT2D eigenvalue weighted by molar-refractivity contribution is -0.286. The van der Waals surface area contributed by atoms with E-state index in [-0.39, 0.29) is 33.8 Å². The molecule has 2 aromatic carbocycles. The third-order valence-electron chi connectivity index (χ3n) is 3.17. The molecule has 0 saturated carbocycles. The van der Waals surface area contributed by atoms with Crippen molar-refractivity contribution in [2.75, 3.05) is 0 Å². The second kappa shape index (κ2) is 4.84. The Morgan fingerprint density at radius 2 is 1.96 bits per heavy atom. The van der Waals surface area contributed by atoms with Crippen molar-refractivity contribution in [1.29, 1.82) is 5.26 Å². The van der Waals surface area contributed by atoms with Gasteiger partial charge in [-0.15, -0.1) is 8.78 Å². The lowest BCUT2D eigenvalue weighted by atomic mass is 9.99. The SMILES string of the molecule is N#Cc1cc2c(c(-c3ccc(C(=O)O)c(O)c3)c1)OC(F)(F)O2. The van der Waals surface area contributed by atoms with Gasteiger partial charge in [0.05, 0.1) is 11.6 Å². The summed E-state index contributed by atoms with van der Waals surface area (Å²) in [6.45, 7) is 0. The molecule has 0 bridgehead atoms. The number of phenols is 1. The monoisotopic (exact) mass is 319 g/mol.